The normalized spacial score (nSPS) is 17.7. The predicted molar refractivity (Wildman–Crippen MR) is 65.0 cm³/mol. The van der Waals surface area contributed by atoms with E-state index < -0.39 is 0 Å². The van der Waals surface area contributed by atoms with Crippen molar-refractivity contribution in [3.8, 4) is 0 Å². The van der Waals surface area contributed by atoms with Gasteiger partial charge in [-0.25, -0.2) is 0 Å². The van der Waals surface area contributed by atoms with Gasteiger partial charge in [0.1, 0.15) is 0 Å². The molecule has 1 fully saturated rings. The third kappa shape index (κ3) is 2.23. The van der Waals surface area contributed by atoms with E-state index in [-0.39, 0.29) is 0 Å². The number of hydrogen-bond acceptors (Lipinski definition) is 1. The Morgan fingerprint density at radius 2 is 2.07 bits per heavy atom. The average molecular weight is 203 g/mol. The van der Waals surface area contributed by atoms with Crippen LogP contribution >= 0.6 is 0 Å². The smallest absolute Gasteiger partial charge is 0.0436 e. The summed E-state index contributed by atoms with van der Waals surface area (Å²) in [5.41, 5.74) is 3.29. The van der Waals surface area contributed by atoms with Crippen LogP contribution in [0, 0.1) is 0 Å². The number of benzene rings is 1. The first-order chi connectivity index (χ1) is 7.30. The van der Waals surface area contributed by atoms with E-state index >= 15 is 0 Å². The van der Waals surface area contributed by atoms with Crippen LogP contribution in [0.1, 0.15) is 44.2 Å². The molecule has 1 saturated carbocycles. The summed E-state index contributed by atoms with van der Waals surface area (Å²) in [4.78, 5) is 0. The first kappa shape index (κ1) is 10.7. The number of rotatable bonds is 5. The Balaban J connectivity index is 2.14. The minimum Gasteiger partial charge on any atom is -0.307 e. The van der Waals surface area contributed by atoms with Gasteiger partial charge in [0, 0.05) is 5.54 Å². The lowest BCUT2D eigenvalue weighted by Crippen LogP contribution is -2.29. The van der Waals surface area contributed by atoms with Crippen LogP contribution in [-0.4, -0.2) is 6.54 Å². The standard InChI is InChI=1S/C14H21N/c1-3-10-15-14(8-9-14)13-7-5-6-12(4-2)11-13/h5-7,11,15H,3-4,8-10H2,1-2H3. The number of aryl methyl sites for hydroxylation is 1. The fourth-order valence-electron chi connectivity index (χ4n) is 2.15. The van der Waals surface area contributed by atoms with Crippen LogP contribution in [-0.2, 0) is 12.0 Å². The van der Waals surface area contributed by atoms with Gasteiger partial charge in [0.25, 0.3) is 0 Å². The van der Waals surface area contributed by atoms with Crippen molar-refractivity contribution in [2.45, 2.75) is 45.1 Å². The predicted octanol–water partition coefficient (Wildman–Crippen LogP) is 3.24. The second-order valence-corrected chi connectivity index (χ2v) is 4.56. The molecular formula is C14H21N. The van der Waals surface area contributed by atoms with Crippen molar-refractivity contribution in [1.29, 1.82) is 0 Å². The lowest BCUT2D eigenvalue weighted by molar-refractivity contribution is 0.517. The first-order valence-corrected chi connectivity index (χ1v) is 6.15. The molecule has 1 N–H and O–H groups in total. The second-order valence-electron chi connectivity index (χ2n) is 4.56. The van der Waals surface area contributed by atoms with Crippen LogP contribution in [0.2, 0.25) is 0 Å². The number of nitrogens with one attached hydrogen (secondary N) is 1. The van der Waals surface area contributed by atoms with Crippen LogP contribution in [0.5, 0.6) is 0 Å². The first-order valence-electron chi connectivity index (χ1n) is 6.15. The average Bonchev–Trinajstić information content (AvgIpc) is 3.08. The van der Waals surface area contributed by atoms with Crippen molar-refractivity contribution in [3.05, 3.63) is 35.4 Å². The van der Waals surface area contributed by atoms with E-state index in [4.69, 9.17) is 0 Å². The van der Waals surface area contributed by atoms with Crippen molar-refractivity contribution in [2.75, 3.05) is 6.54 Å². The van der Waals surface area contributed by atoms with Gasteiger partial charge >= 0.3 is 0 Å². The van der Waals surface area contributed by atoms with E-state index in [1.54, 1.807) is 0 Å². The summed E-state index contributed by atoms with van der Waals surface area (Å²) >= 11 is 0. The Labute approximate surface area is 92.9 Å². The molecule has 1 heteroatoms. The molecule has 15 heavy (non-hydrogen) atoms. The molecule has 1 aliphatic rings. The van der Waals surface area contributed by atoms with Gasteiger partial charge < -0.3 is 5.32 Å². The summed E-state index contributed by atoms with van der Waals surface area (Å²) in [6.45, 7) is 5.58. The van der Waals surface area contributed by atoms with Crippen molar-refractivity contribution in [1.82, 2.24) is 5.32 Å². The van der Waals surface area contributed by atoms with Gasteiger partial charge in [0.15, 0.2) is 0 Å². The largest absolute Gasteiger partial charge is 0.307 e. The molecule has 0 aliphatic heterocycles. The summed E-state index contributed by atoms with van der Waals surface area (Å²) in [5, 5.41) is 3.69. The third-order valence-electron chi connectivity index (χ3n) is 3.35. The fraction of sp³-hybridized carbons (Fsp3) is 0.571. The fourth-order valence-corrected chi connectivity index (χ4v) is 2.15. The Morgan fingerprint density at radius 1 is 1.27 bits per heavy atom. The van der Waals surface area contributed by atoms with Gasteiger partial charge in [0.2, 0.25) is 0 Å². The molecule has 0 radical (unpaired) electrons. The highest BCUT2D eigenvalue weighted by Gasteiger charge is 2.43. The summed E-state index contributed by atoms with van der Waals surface area (Å²) in [6, 6.07) is 9.06. The van der Waals surface area contributed by atoms with E-state index in [9.17, 15) is 0 Å². The lowest BCUT2D eigenvalue weighted by Gasteiger charge is -2.18. The Kier molecular flexibility index (Phi) is 3.11. The maximum absolute atomic E-state index is 3.69. The molecule has 1 nitrogen and oxygen atoms in total. The number of hydrogen-bond donors (Lipinski definition) is 1. The van der Waals surface area contributed by atoms with E-state index in [0.29, 0.717) is 5.54 Å². The van der Waals surface area contributed by atoms with Crippen LogP contribution in [0.4, 0.5) is 0 Å². The van der Waals surface area contributed by atoms with E-state index in [1.807, 2.05) is 0 Å². The second kappa shape index (κ2) is 4.36. The summed E-state index contributed by atoms with van der Waals surface area (Å²) in [6.07, 6.45) is 4.97. The van der Waals surface area contributed by atoms with E-state index in [2.05, 4.69) is 43.4 Å². The maximum Gasteiger partial charge on any atom is 0.0436 e. The van der Waals surface area contributed by atoms with Gasteiger partial charge in [0.05, 0.1) is 0 Å². The molecule has 82 valence electrons. The summed E-state index contributed by atoms with van der Waals surface area (Å²) in [7, 11) is 0. The van der Waals surface area contributed by atoms with Gasteiger partial charge in [-0.15, -0.1) is 0 Å². The van der Waals surface area contributed by atoms with Crippen LogP contribution in [0.3, 0.4) is 0 Å². The zero-order valence-electron chi connectivity index (χ0n) is 9.84. The quantitative estimate of drug-likeness (QED) is 0.774. The summed E-state index contributed by atoms with van der Waals surface area (Å²) < 4.78 is 0. The monoisotopic (exact) mass is 203 g/mol. The Bertz CT molecular complexity index is 326. The van der Waals surface area contributed by atoms with Crippen molar-refractivity contribution in [3.63, 3.8) is 0 Å². The lowest BCUT2D eigenvalue weighted by atomic mass is 10.0. The van der Waals surface area contributed by atoms with E-state index in [0.717, 1.165) is 13.0 Å². The third-order valence-corrected chi connectivity index (χ3v) is 3.35. The van der Waals surface area contributed by atoms with Crippen molar-refractivity contribution < 1.29 is 0 Å². The van der Waals surface area contributed by atoms with Gasteiger partial charge in [-0.2, -0.15) is 0 Å². The summed E-state index contributed by atoms with van der Waals surface area (Å²) in [5.74, 6) is 0. The molecule has 0 atom stereocenters. The molecule has 0 spiro atoms. The Hall–Kier alpha value is -0.820. The van der Waals surface area contributed by atoms with E-state index in [1.165, 1.54) is 30.4 Å². The van der Waals surface area contributed by atoms with Crippen LogP contribution < -0.4 is 5.32 Å². The van der Waals surface area contributed by atoms with Crippen LogP contribution in [0.15, 0.2) is 24.3 Å². The molecule has 1 aliphatic carbocycles. The van der Waals surface area contributed by atoms with Gasteiger partial charge in [-0.05, 0) is 43.4 Å². The Morgan fingerprint density at radius 3 is 2.67 bits per heavy atom. The molecule has 2 rings (SSSR count). The highest BCUT2D eigenvalue weighted by atomic mass is 15.0. The van der Waals surface area contributed by atoms with Gasteiger partial charge in [-0.1, -0.05) is 38.1 Å². The molecule has 0 amide bonds. The molecule has 1 aromatic rings. The van der Waals surface area contributed by atoms with Crippen molar-refractivity contribution in [2.24, 2.45) is 0 Å². The molecule has 0 unspecified atom stereocenters. The zero-order chi connectivity index (χ0) is 10.7. The maximum atomic E-state index is 3.69. The van der Waals surface area contributed by atoms with Gasteiger partial charge in [-0.3, -0.25) is 0 Å². The zero-order valence-corrected chi connectivity index (χ0v) is 9.84. The molecule has 0 saturated heterocycles. The SMILES string of the molecule is CCCNC1(c2cccc(CC)c2)CC1. The molecule has 0 heterocycles. The molecule has 0 bridgehead atoms. The molecule has 0 aromatic heterocycles. The topological polar surface area (TPSA) is 12.0 Å². The minimum absolute atomic E-state index is 0.335. The highest BCUT2D eigenvalue weighted by molar-refractivity contribution is 5.33. The van der Waals surface area contributed by atoms with Crippen LogP contribution in [0.25, 0.3) is 0 Å². The minimum atomic E-state index is 0.335. The van der Waals surface area contributed by atoms with Crippen molar-refractivity contribution >= 4 is 0 Å². The highest BCUT2D eigenvalue weighted by Crippen LogP contribution is 2.45. The molecular weight excluding hydrogens is 182 g/mol. The molecule has 1 aromatic carbocycles.